The van der Waals surface area contributed by atoms with E-state index in [4.69, 9.17) is 16.3 Å². The molecule has 0 saturated carbocycles. The number of rotatable bonds is 8. The summed E-state index contributed by atoms with van der Waals surface area (Å²) >= 11 is 7.12. The Morgan fingerprint density at radius 2 is 2.14 bits per heavy atom. The molecule has 2 aromatic heterocycles. The normalized spacial score (nSPS) is 13.3. The molecule has 0 aliphatic heterocycles. The number of pyridine rings is 1. The lowest BCUT2D eigenvalue weighted by Gasteiger charge is -2.14. The number of aromatic nitrogens is 1. The molecule has 0 saturated heterocycles. The topological polar surface area (TPSA) is 78.8 Å². The maximum Gasteiger partial charge on any atom is 0.421 e. The maximum atomic E-state index is 12.9. The molecular formula is C17H20ClF3N4O2S. The Morgan fingerprint density at radius 3 is 2.79 bits per heavy atom. The Bertz CT molecular complexity index is 786. The summed E-state index contributed by atoms with van der Waals surface area (Å²) in [5.41, 5.74) is -0.923. The number of thiophene rings is 1. The van der Waals surface area contributed by atoms with Gasteiger partial charge >= 0.3 is 6.18 Å². The van der Waals surface area contributed by atoms with Crippen molar-refractivity contribution in [3.05, 3.63) is 45.2 Å². The number of hydrogen-bond acceptors (Lipinski definition) is 5. The molecule has 0 amide bonds. The summed E-state index contributed by atoms with van der Waals surface area (Å²) in [7, 11) is 0. The number of aliphatic hydroxyl groups excluding tert-OH is 1. The van der Waals surface area contributed by atoms with E-state index in [0.29, 0.717) is 21.7 Å². The Balaban J connectivity index is 1.87. The first-order chi connectivity index (χ1) is 13.3. The molecule has 0 spiro atoms. The number of hydrogen-bond donors (Lipinski definition) is 3. The van der Waals surface area contributed by atoms with Gasteiger partial charge in [0, 0.05) is 17.6 Å². The highest BCUT2D eigenvalue weighted by Gasteiger charge is 2.34. The number of nitrogens with zero attached hydrogens (tertiary/aromatic N) is 2. The number of ether oxygens (including phenoxy) is 1. The van der Waals surface area contributed by atoms with Gasteiger partial charge in [-0.3, -0.25) is 4.99 Å². The van der Waals surface area contributed by atoms with E-state index in [9.17, 15) is 18.3 Å². The zero-order valence-electron chi connectivity index (χ0n) is 15.0. The monoisotopic (exact) mass is 436 g/mol. The molecule has 0 aromatic carbocycles. The second-order valence-corrected chi connectivity index (χ2v) is 7.25. The van der Waals surface area contributed by atoms with Crippen molar-refractivity contribution in [2.45, 2.75) is 19.2 Å². The SMILES string of the molecule is CCNC(=NCC(O)c1ccc(Cl)s1)NCCOc1ncccc1C(F)(F)F. The van der Waals surface area contributed by atoms with Crippen molar-refractivity contribution in [1.29, 1.82) is 0 Å². The van der Waals surface area contributed by atoms with E-state index in [1.165, 1.54) is 23.6 Å². The largest absolute Gasteiger partial charge is 0.475 e. The molecule has 0 fully saturated rings. The fourth-order valence-corrected chi connectivity index (χ4v) is 3.19. The molecule has 3 N–H and O–H groups in total. The quantitative estimate of drug-likeness (QED) is 0.335. The first-order valence-corrected chi connectivity index (χ1v) is 9.61. The van der Waals surface area contributed by atoms with E-state index in [1.54, 1.807) is 12.1 Å². The maximum absolute atomic E-state index is 12.9. The molecule has 1 atom stereocenters. The predicted octanol–water partition coefficient (Wildman–Crippen LogP) is 3.48. The number of guanidine groups is 1. The van der Waals surface area contributed by atoms with E-state index in [1.807, 2.05) is 6.92 Å². The van der Waals surface area contributed by atoms with Crippen molar-refractivity contribution in [3.8, 4) is 5.88 Å². The summed E-state index contributed by atoms with van der Waals surface area (Å²) < 4.78 is 44.5. The van der Waals surface area contributed by atoms with Crippen molar-refractivity contribution in [3.63, 3.8) is 0 Å². The summed E-state index contributed by atoms with van der Waals surface area (Å²) in [6.07, 6.45) is -4.09. The van der Waals surface area contributed by atoms with Crippen LogP contribution in [0.2, 0.25) is 4.34 Å². The molecule has 2 heterocycles. The molecule has 0 radical (unpaired) electrons. The number of alkyl halides is 3. The first kappa shape index (κ1) is 22.3. The lowest BCUT2D eigenvalue weighted by atomic mass is 10.2. The van der Waals surface area contributed by atoms with Gasteiger partial charge in [-0.15, -0.1) is 11.3 Å². The highest BCUT2D eigenvalue weighted by atomic mass is 35.5. The van der Waals surface area contributed by atoms with E-state index >= 15 is 0 Å². The minimum absolute atomic E-state index is 0.0480. The van der Waals surface area contributed by atoms with Gasteiger partial charge in [0.2, 0.25) is 5.88 Å². The molecule has 0 aliphatic carbocycles. The second-order valence-electron chi connectivity index (χ2n) is 5.51. The van der Waals surface area contributed by atoms with E-state index in [0.717, 1.165) is 6.07 Å². The lowest BCUT2D eigenvalue weighted by Crippen LogP contribution is -2.39. The Hall–Kier alpha value is -2.04. The molecule has 6 nitrogen and oxygen atoms in total. The van der Waals surface area contributed by atoms with E-state index in [-0.39, 0.29) is 19.7 Å². The van der Waals surface area contributed by atoms with Crippen molar-refractivity contribution in [2.24, 2.45) is 4.99 Å². The van der Waals surface area contributed by atoms with Gasteiger partial charge < -0.3 is 20.5 Å². The molecule has 0 bridgehead atoms. The van der Waals surface area contributed by atoms with Gasteiger partial charge in [-0.05, 0) is 31.2 Å². The number of nitrogens with one attached hydrogen (secondary N) is 2. The van der Waals surface area contributed by atoms with Crippen molar-refractivity contribution < 1.29 is 23.0 Å². The fraction of sp³-hybridized carbons (Fsp3) is 0.412. The van der Waals surface area contributed by atoms with Crippen molar-refractivity contribution in [1.82, 2.24) is 15.6 Å². The van der Waals surface area contributed by atoms with E-state index < -0.39 is 23.7 Å². The average molecular weight is 437 g/mol. The van der Waals surface area contributed by atoms with Crippen LogP contribution in [-0.2, 0) is 6.18 Å². The molecule has 1 unspecified atom stereocenters. The van der Waals surface area contributed by atoms with Crippen LogP contribution in [0.4, 0.5) is 13.2 Å². The molecule has 11 heteroatoms. The van der Waals surface area contributed by atoms with Crippen LogP contribution in [-0.4, -0.2) is 42.3 Å². The Labute approximate surface area is 169 Å². The fourth-order valence-electron chi connectivity index (χ4n) is 2.16. The third kappa shape index (κ3) is 6.84. The van der Waals surface area contributed by atoms with Gasteiger partial charge in [0.25, 0.3) is 0 Å². The van der Waals surface area contributed by atoms with Crippen LogP contribution < -0.4 is 15.4 Å². The van der Waals surface area contributed by atoms with Crippen LogP contribution in [0.25, 0.3) is 0 Å². The van der Waals surface area contributed by atoms with E-state index in [2.05, 4.69) is 20.6 Å². The molecule has 2 rings (SSSR count). The minimum atomic E-state index is -4.53. The predicted molar refractivity (Wildman–Crippen MR) is 103 cm³/mol. The highest BCUT2D eigenvalue weighted by molar-refractivity contribution is 7.16. The molecular weight excluding hydrogens is 417 g/mol. The number of aliphatic hydroxyl groups is 1. The molecule has 0 aliphatic rings. The lowest BCUT2D eigenvalue weighted by molar-refractivity contribution is -0.139. The standard InChI is InChI=1S/C17H20ClF3N4O2S/c1-2-22-16(25-10-12(26)13-5-6-14(18)28-13)24-8-9-27-15-11(17(19,20)21)4-3-7-23-15/h3-7,12,26H,2,8-10H2,1H3,(H2,22,24,25). The number of halogens is 4. The Morgan fingerprint density at radius 1 is 1.36 bits per heavy atom. The first-order valence-electron chi connectivity index (χ1n) is 8.41. The average Bonchev–Trinajstić information content (AvgIpc) is 3.09. The van der Waals surface area contributed by atoms with Crippen LogP contribution in [0.5, 0.6) is 5.88 Å². The van der Waals surface area contributed by atoms with Crippen molar-refractivity contribution >= 4 is 28.9 Å². The highest BCUT2D eigenvalue weighted by Crippen LogP contribution is 2.34. The molecule has 2 aromatic rings. The van der Waals surface area contributed by atoms with Gasteiger partial charge in [0.1, 0.15) is 18.3 Å². The Kier molecular flexibility index (Phi) is 8.34. The zero-order valence-corrected chi connectivity index (χ0v) is 16.5. The number of aliphatic imine (C=N–C) groups is 1. The van der Waals surface area contributed by atoms with Gasteiger partial charge in [-0.25, -0.2) is 4.98 Å². The molecule has 154 valence electrons. The summed E-state index contributed by atoms with van der Waals surface area (Å²) in [6.45, 7) is 2.69. The second kappa shape index (κ2) is 10.5. The van der Waals surface area contributed by atoms with Crippen LogP contribution >= 0.6 is 22.9 Å². The van der Waals surface area contributed by atoms with Gasteiger partial charge in [0.15, 0.2) is 5.96 Å². The van der Waals surface area contributed by atoms with Gasteiger partial charge in [-0.1, -0.05) is 11.6 Å². The van der Waals surface area contributed by atoms with Gasteiger partial charge in [-0.2, -0.15) is 13.2 Å². The van der Waals surface area contributed by atoms with Crippen LogP contribution in [0.3, 0.4) is 0 Å². The van der Waals surface area contributed by atoms with Crippen LogP contribution in [0.15, 0.2) is 35.5 Å². The van der Waals surface area contributed by atoms with Crippen LogP contribution in [0, 0.1) is 0 Å². The summed E-state index contributed by atoms with van der Waals surface area (Å²) in [4.78, 5) is 8.59. The zero-order chi connectivity index (χ0) is 20.6. The smallest absolute Gasteiger partial charge is 0.421 e. The van der Waals surface area contributed by atoms with Crippen LogP contribution in [0.1, 0.15) is 23.5 Å². The molecule has 28 heavy (non-hydrogen) atoms. The minimum Gasteiger partial charge on any atom is -0.475 e. The summed E-state index contributed by atoms with van der Waals surface area (Å²) in [5, 5.41) is 16.0. The van der Waals surface area contributed by atoms with Crippen molar-refractivity contribution in [2.75, 3.05) is 26.2 Å². The third-order valence-corrected chi connectivity index (χ3v) is 4.73. The summed E-state index contributed by atoms with van der Waals surface area (Å²) in [6, 6.07) is 5.55. The third-order valence-electron chi connectivity index (χ3n) is 3.40. The van der Waals surface area contributed by atoms with Gasteiger partial charge in [0.05, 0.1) is 17.4 Å². The summed E-state index contributed by atoms with van der Waals surface area (Å²) in [5.74, 6) is -0.0615.